The molecule has 170 valence electrons. The summed E-state index contributed by atoms with van der Waals surface area (Å²) >= 11 is 0. The first-order chi connectivity index (χ1) is 15.4. The van der Waals surface area contributed by atoms with Gasteiger partial charge in [-0.2, -0.15) is 18.4 Å². The highest BCUT2D eigenvalue weighted by Crippen LogP contribution is 2.35. The summed E-state index contributed by atoms with van der Waals surface area (Å²) in [7, 11) is 0. The van der Waals surface area contributed by atoms with E-state index in [0.29, 0.717) is 37.7 Å². The Morgan fingerprint density at radius 3 is 2.59 bits per heavy atom. The Labute approximate surface area is 183 Å². The minimum Gasteiger partial charge on any atom is -0.479 e. The number of alkyl halides is 3. The highest BCUT2D eigenvalue weighted by molar-refractivity contribution is 5.74. The molecule has 2 amide bonds. The van der Waals surface area contributed by atoms with Gasteiger partial charge in [-0.1, -0.05) is 18.2 Å². The Hall–Kier alpha value is -3.45. The summed E-state index contributed by atoms with van der Waals surface area (Å²) in [6.45, 7) is 1.78. The number of carbonyl (C=O) groups is 1. The molecule has 32 heavy (non-hydrogen) atoms. The quantitative estimate of drug-likeness (QED) is 0.678. The molecule has 1 aliphatic rings. The van der Waals surface area contributed by atoms with Gasteiger partial charge < -0.3 is 25.0 Å². The normalized spacial score (nSPS) is 13.9. The van der Waals surface area contributed by atoms with Gasteiger partial charge in [0.2, 0.25) is 0 Å². The van der Waals surface area contributed by atoms with E-state index in [1.807, 2.05) is 11.0 Å². The van der Waals surface area contributed by atoms with Crippen LogP contribution in [0.5, 0.6) is 5.75 Å². The lowest BCUT2D eigenvalue weighted by Gasteiger charge is -2.29. The number of nitrogens with zero attached hydrogens (tertiary/aromatic N) is 2. The number of hydrogen-bond acceptors (Lipinski definition) is 5. The lowest BCUT2D eigenvalue weighted by molar-refractivity contribution is -0.138. The number of halogens is 3. The molecule has 1 saturated heterocycles. The Balaban J connectivity index is 1.59. The minimum atomic E-state index is -4.54. The molecule has 2 N–H and O–H groups in total. The van der Waals surface area contributed by atoms with Crippen LogP contribution >= 0.6 is 0 Å². The molecule has 0 saturated carbocycles. The van der Waals surface area contributed by atoms with Crippen LogP contribution in [0.4, 0.5) is 23.7 Å². The van der Waals surface area contributed by atoms with Crippen molar-refractivity contribution in [2.24, 2.45) is 0 Å². The fourth-order valence-electron chi connectivity index (χ4n) is 3.28. The number of carbonyl (C=O) groups excluding carboxylic acids is 1. The fourth-order valence-corrected chi connectivity index (χ4v) is 3.28. The molecule has 0 bridgehead atoms. The monoisotopic (exact) mass is 448 g/mol. The number of anilines is 1. The molecule has 3 rings (SSSR count). The Kier molecular flexibility index (Phi) is 7.78. The number of nitriles is 1. The molecule has 10 heteroatoms. The molecule has 2 aromatic carbocycles. The van der Waals surface area contributed by atoms with Gasteiger partial charge in [-0.15, -0.1) is 0 Å². The van der Waals surface area contributed by atoms with Gasteiger partial charge in [-0.3, -0.25) is 0 Å². The second kappa shape index (κ2) is 10.7. The fraction of sp³-hybridized carbons (Fsp3) is 0.364. The number of hydrogen-bond donors (Lipinski definition) is 2. The standard InChI is InChI=1S/C22H23F3N4O3/c23-22(24,25)20-13-18(29-7-10-31-11-8-29)5-4-17(20)15-28-21(30)27-14-16-2-1-3-19(12-16)32-9-6-26/h1-5,12-13H,7-11,14-15H2,(H2,27,28,30). The number of amides is 2. The third-order valence-electron chi connectivity index (χ3n) is 4.87. The molecular weight excluding hydrogens is 425 g/mol. The maximum absolute atomic E-state index is 13.6. The van der Waals surface area contributed by atoms with Crippen LogP contribution in [-0.2, 0) is 24.0 Å². The molecule has 0 aromatic heterocycles. The smallest absolute Gasteiger partial charge is 0.416 e. The Bertz CT molecular complexity index is 970. The number of nitrogens with one attached hydrogen (secondary N) is 2. The summed E-state index contributed by atoms with van der Waals surface area (Å²) in [6, 6.07) is 12.2. The highest BCUT2D eigenvalue weighted by atomic mass is 19.4. The molecular formula is C22H23F3N4O3. The van der Waals surface area contributed by atoms with Gasteiger partial charge in [-0.05, 0) is 35.4 Å². The lowest BCUT2D eigenvalue weighted by atomic mass is 10.1. The van der Waals surface area contributed by atoms with Gasteiger partial charge in [0.25, 0.3) is 0 Å². The number of morpholine rings is 1. The van der Waals surface area contributed by atoms with Gasteiger partial charge >= 0.3 is 12.2 Å². The van der Waals surface area contributed by atoms with Crippen molar-refractivity contribution >= 4 is 11.7 Å². The van der Waals surface area contributed by atoms with Crippen molar-refractivity contribution in [1.29, 1.82) is 5.26 Å². The molecule has 1 fully saturated rings. The summed E-state index contributed by atoms with van der Waals surface area (Å²) < 4.78 is 51.3. The SMILES string of the molecule is N#CCOc1cccc(CNC(=O)NCc2ccc(N3CCOCC3)cc2C(F)(F)F)c1. The number of benzene rings is 2. The molecule has 7 nitrogen and oxygen atoms in total. The average Bonchev–Trinajstić information content (AvgIpc) is 2.80. The molecule has 0 spiro atoms. The number of urea groups is 1. The van der Waals surface area contributed by atoms with Crippen molar-refractivity contribution in [2.45, 2.75) is 19.3 Å². The first kappa shape index (κ1) is 23.2. The zero-order valence-corrected chi connectivity index (χ0v) is 17.2. The van der Waals surface area contributed by atoms with Crippen molar-refractivity contribution < 1.29 is 27.4 Å². The van der Waals surface area contributed by atoms with E-state index in [9.17, 15) is 18.0 Å². The highest BCUT2D eigenvalue weighted by Gasteiger charge is 2.34. The van der Waals surface area contributed by atoms with Crippen LogP contribution in [0.3, 0.4) is 0 Å². The lowest BCUT2D eigenvalue weighted by Crippen LogP contribution is -2.36. The van der Waals surface area contributed by atoms with Crippen LogP contribution in [0.1, 0.15) is 16.7 Å². The average molecular weight is 448 g/mol. The van der Waals surface area contributed by atoms with Crippen molar-refractivity contribution in [3.63, 3.8) is 0 Å². The van der Waals surface area contributed by atoms with E-state index in [2.05, 4.69) is 10.6 Å². The maximum atomic E-state index is 13.6. The second-order valence-corrected chi connectivity index (χ2v) is 7.07. The third kappa shape index (κ3) is 6.52. The van der Waals surface area contributed by atoms with E-state index >= 15 is 0 Å². The zero-order chi connectivity index (χ0) is 23.0. The first-order valence-electron chi connectivity index (χ1n) is 10.00. The molecule has 1 heterocycles. The van der Waals surface area contributed by atoms with Crippen LogP contribution in [0.15, 0.2) is 42.5 Å². The Morgan fingerprint density at radius 2 is 1.88 bits per heavy atom. The summed E-state index contributed by atoms with van der Waals surface area (Å²) in [4.78, 5) is 14.0. The molecule has 0 aliphatic carbocycles. The van der Waals surface area contributed by atoms with Gasteiger partial charge in [0, 0.05) is 31.9 Å². The minimum absolute atomic E-state index is 0.0171. The van der Waals surface area contributed by atoms with Crippen molar-refractivity contribution in [1.82, 2.24) is 10.6 Å². The van der Waals surface area contributed by atoms with Crippen molar-refractivity contribution in [3.8, 4) is 11.8 Å². The molecule has 0 unspecified atom stereocenters. The predicted molar refractivity (Wildman–Crippen MR) is 111 cm³/mol. The predicted octanol–water partition coefficient (Wildman–Crippen LogP) is 3.44. The summed E-state index contributed by atoms with van der Waals surface area (Å²) in [5.74, 6) is 0.487. The van der Waals surface area contributed by atoms with E-state index in [1.54, 1.807) is 30.3 Å². The second-order valence-electron chi connectivity index (χ2n) is 7.07. The molecule has 1 aliphatic heterocycles. The van der Waals surface area contributed by atoms with Crippen molar-refractivity contribution in [2.75, 3.05) is 37.8 Å². The molecule has 2 aromatic rings. The van der Waals surface area contributed by atoms with E-state index in [0.717, 1.165) is 11.6 Å². The van der Waals surface area contributed by atoms with E-state index in [4.69, 9.17) is 14.7 Å². The van der Waals surface area contributed by atoms with Gasteiger partial charge in [0.05, 0.1) is 18.8 Å². The van der Waals surface area contributed by atoms with Gasteiger partial charge in [-0.25, -0.2) is 4.79 Å². The zero-order valence-electron chi connectivity index (χ0n) is 17.2. The van der Waals surface area contributed by atoms with Crippen LogP contribution in [-0.4, -0.2) is 38.9 Å². The largest absolute Gasteiger partial charge is 0.479 e. The van der Waals surface area contributed by atoms with E-state index in [-0.39, 0.29) is 25.3 Å². The van der Waals surface area contributed by atoms with E-state index in [1.165, 1.54) is 6.07 Å². The third-order valence-corrected chi connectivity index (χ3v) is 4.87. The van der Waals surface area contributed by atoms with Crippen LogP contribution in [0, 0.1) is 11.3 Å². The maximum Gasteiger partial charge on any atom is 0.416 e. The van der Waals surface area contributed by atoms with Crippen molar-refractivity contribution in [3.05, 3.63) is 59.2 Å². The van der Waals surface area contributed by atoms with Crippen LogP contribution < -0.4 is 20.3 Å². The first-order valence-corrected chi connectivity index (χ1v) is 10.00. The topological polar surface area (TPSA) is 86.6 Å². The van der Waals surface area contributed by atoms with E-state index < -0.39 is 17.8 Å². The Morgan fingerprint density at radius 1 is 1.12 bits per heavy atom. The number of rotatable bonds is 7. The summed E-state index contributed by atoms with van der Waals surface area (Å²) in [5.41, 5.74) is 0.412. The van der Waals surface area contributed by atoms with Crippen LogP contribution in [0.25, 0.3) is 0 Å². The van der Waals surface area contributed by atoms with Crippen LogP contribution in [0.2, 0.25) is 0 Å². The van der Waals surface area contributed by atoms with Gasteiger partial charge in [0.1, 0.15) is 11.8 Å². The summed E-state index contributed by atoms with van der Waals surface area (Å²) in [5, 5.41) is 13.6. The molecule has 0 radical (unpaired) electrons. The number of ether oxygens (including phenoxy) is 2. The van der Waals surface area contributed by atoms with Gasteiger partial charge in [0.15, 0.2) is 6.61 Å². The molecule has 0 atom stereocenters. The summed E-state index contributed by atoms with van der Waals surface area (Å²) in [6.07, 6.45) is -4.54.